The molecule has 0 saturated carbocycles. The summed E-state index contributed by atoms with van der Waals surface area (Å²) in [6.45, 7) is 1.87. The first-order chi connectivity index (χ1) is 5.77. The SMILES string of the molecule is Cc1ccc(C(C=O)CO)cc1. The van der Waals surface area contributed by atoms with Crippen LogP contribution in [0.4, 0.5) is 0 Å². The van der Waals surface area contributed by atoms with E-state index >= 15 is 0 Å². The highest BCUT2D eigenvalue weighted by Gasteiger charge is 2.07. The van der Waals surface area contributed by atoms with Gasteiger partial charge in [-0.15, -0.1) is 0 Å². The zero-order chi connectivity index (χ0) is 8.97. The molecular weight excluding hydrogens is 152 g/mol. The predicted molar refractivity (Wildman–Crippen MR) is 47.1 cm³/mol. The first kappa shape index (κ1) is 8.94. The van der Waals surface area contributed by atoms with Crippen LogP contribution >= 0.6 is 0 Å². The molecule has 0 aliphatic rings. The van der Waals surface area contributed by atoms with Crippen LogP contribution in [0.1, 0.15) is 17.0 Å². The number of rotatable bonds is 3. The number of aldehydes is 1. The Morgan fingerprint density at radius 1 is 1.42 bits per heavy atom. The lowest BCUT2D eigenvalue weighted by Crippen LogP contribution is -2.04. The number of aliphatic hydroxyl groups is 1. The standard InChI is InChI=1S/C10H12O2/c1-8-2-4-9(5-3-8)10(6-11)7-12/h2-6,10,12H,7H2,1H3. The number of aliphatic hydroxyl groups excluding tert-OH is 1. The van der Waals surface area contributed by atoms with Crippen molar-refractivity contribution >= 4 is 6.29 Å². The molecule has 0 aromatic heterocycles. The smallest absolute Gasteiger partial charge is 0.129 e. The van der Waals surface area contributed by atoms with Gasteiger partial charge in [-0.25, -0.2) is 0 Å². The fourth-order valence-corrected chi connectivity index (χ4v) is 1.04. The van der Waals surface area contributed by atoms with E-state index in [1.165, 1.54) is 0 Å². The van der Waals surface area contributed by atoms with Gasteiger partial charge in [0.2, 0.25) is 0 Å². The lowest BCUT2D eigenvalue weighted by molar-refractivity contribution is -0.109. The Kier molecular flexibility index (Phi) is 3.00. The molecule has 1 aromatic carbocycles. The molecule has 0 heterocycles. The van der Waals surface area contributed by atoms with Gasteiger partial charge in [0.25, 0.3) is 0 Å². The number of hydrogen-bond donors (Lipinski definition) is 1. The van der Waals surface area contributed by atoms with Crippen molar-refractivity contribution < 1.29 is 9.90 Å². The third-order valence-corrected chi connectivity index (χ3v) is 1.87. The summed E-state index contributed by atoms with van der Waals surface area (Å²) in [5.41, 5.74) is 2.03. The molecule has 1 unspecified atom stereocenters. The van der Waals surface area contributed by atoms with Crippen LogP contribution in [0.5, 0.6) is 0 Å². The summed E-state index contributed by atoms with van der Waals surface area (Å²) < 4.78 is 0. The minimum Gasteiger partial charge on any atom is -0.395 e. The van der Waals surface area contributed by atoms with Crippen LogP contribution in [0.25, 0.3) is 0 Å². The lowest BCUT2D eigenvalue weighted by atomic mass is 10.0. The highest BCUT2D eigenvalue weighted by molar-refractivity contribution is 5.62. The summed E-state index contributed by atoms with van der Waals surface area (Å²) >= 11 is 0. The van der Waals surface area contributed by atoms with Gasteiger partial charge in [-0.3, -0.25) is 0 Å². The zero-order valence-electron chi connectivity index (χ0n) is 7.03. The highest BCUT2D eigenvalue weighted by Crippen LogP contribution is 2.13. The summed E-state index contributed by atoms with van der Waals surface area (Å²) in [5, 5.41) is 8.82. The first-order valence-corrected chi connectivity index (χ1v) is 3.90. The molecule has 0 aliphatic carbocycles. The Hall–Kier alpha value is -1.15. The Bertz CT molecular complexity index is 251. The molecule has 1 aromatic rings. The molecule has 0 bridgehead atoms. The Morgan fingerprint density at radius 3 is 2.42 bits per heavy atom. The van der Waals surface area contributed by atoms with E-state index in [9.17, 15) is 4.79 Å². The van der Waals surface area contributed by atoms with Crippen molar-refractivity contribution in [1.29, 1.82) is 0 Å². The van der Waals surface area contributed by atoms with Gasteiger partial charge in [-0.2, -0.15) is 0 Å². The van der Waals surface area contributed by atoms with Gasteiger partial charge in [0.15, 0.2) is 0 Å². The van der Waals surface area contributed by atoms with Crippen LogP contribution in [0.15, 0.2) is 24.3 Å². The molecule has 2 nitrogen and oxygen atoms in total. The maximum Gasteiger partial charge on any atom is 0.129 e. The second kappa shape index (κ2) is 4.02. The zero-order valence-corrected chi connectivity index (χ0v) is 7.03. The molecule has 0 saturated heterocycles. The predicted octanol–water partition coefficient (Wildman–Crippen LogP) is 1.27. The summed E-state index contributed by atoms with van der Waals surface area (Å²) in [7, 11) is 0. The molecule has 0 amide bonds. The third-order valence-electron chi connectivity index (χ3n) is 1.87. The normalized spacial score (nSPS) is 12.5. The fourth-order valence-electron chi connectivity index (χ4n) is 1.04. The Balaban J connectivity index is 2.87. The maximum atomic E-state index is 10.5. The molecule has 1 atom stereocenters. The quantitative estimate of drug-likeness (QED) is 0.683. The molecule has 12 heavy (non-hydrogen) atoms. The maximum absolute atomic E-state index is 10.5. The minimum atomic E-state index is -0.370. The van der Waals surface area contributed by atoms with Gasteiger partial charge >= 0.3 is 0 Å². The fraction of sp³-hybridized carbons (Fsp3) is 0.300. The van der Waals surface area contributed by atoms with Crippen LogP contribution in [0.2, 0.25) is 0 Å². The largest absolute Gasteiger partial charge is 0.395 e. The van der Waals surface area contributed by atoms with Crippen molar-refractivity contribution in [3.63, 3.8) is 0 Å². The van der Waals surface area contributed by atoms with E-state index in [0.29, 0.717) is 0 Å². The van der Waals surface area contributed by atoms with Gasteiger partial charge in [-0.05, 0) is 12.5 Å². The van der Waals surface area contributed by atoms with Gasteiger partial charge < -0.3 is 9.90 Å². The van der Waals surface area contributed by atoms with Crippen molar-refractivity contribution in [3.05, 3.63) is 35.4 Å². The average Bonchev–Trinajstić information content (AvgIpc) is 2.10. The van der Waals surface area contributed by atoms with E-state index in [1.54, 1.807) is 0 Å². The topological polar surface area (TPSA) is 37.3 Å². The summed E-state index contributed by atoms with van der Waals surface area (Å²) in [6.07, 6.45) is 0.769. The highest BCUT2D eigenvalue weighted by atomic mass is 16.3. The van der Waals surface area contributed by atoms with E-state index in [4.69, 9.17) is 5.11 Å². The summed E-state index contributed by atoms with van der Waals surface area (Å²) in [6, 6.07) is 7.60. The Morgan fingerprint density at radius 2 is 2.00 bits per heavy atom. The van der Waals surface area contributed by atoms with E-state index in [-0.39, 0.29) is 12.5 Å². The van der Waals surface area contributed by atoms with Crippen molar-refractivity contribution in [2.75, 3.05) is 6.61 Å². The van der Waals surface area contributed by atoms with Crippen molar-refractivity contribution in [2.24, 2.45) is 0 Å². The van der Waals surface area contributed by atoms with E-state index < -0.39 is 0 Å². The summed E-state index contributed by atoms with van der Waals surface area (Å²) in [4.78, 5) is 10.5. The third kappa shape index (κ3) is 1.92. The number of aryl methyl sites for hydroxylation is 1. The van der Waals surface area contributed by atoms with E-state index in [1.807, 2.05) is 31.2 Å². The van der Waals surface area contributed by atoms with Crippen LogP contribution in [0.3, 0.4) is 0 Å². The molecule has 0 radical (unpaired) electrons. The minimum absolute atomic E-state index is 0.118. The van der Waals surface area contributed by atoms with Gasteiger partial charge in [0.1, 0.15) is 6.29 Å². The molecule has 1 rings (SSSR count). The van der Waals surface area contributed by atoms with Crippen molar-refractivity contribution in [2.45, 2.75) is 12.8 Å². The summed E-state index contributed by atoms with van der Waals surface area (Å²) in [5.74, 6) is -0.370. The lowest BCUT2D eigenvalue weighted by Gasteiger charge is -2.06. The second-order valence-electron chi connectivity index (χ2n) is 2.84. The van der Waals surface area contributed by atoms with E-state index in [0.717, 1.165) is 17.4 Å². The molecule has 0 fully saturated rings. The van der Waals surface area contributed by atoms with Crippen molar-refractivity contribution in [1.82, 2.24) is 0 Å². The van der Waals surface area contributed by atoms with Crippen LogP contribution in [-0.2, 0) is 4.79 Å². The second-order valence-corrected chi connectivity index (χ2v) is 2.84. The van der Waals surface area contributed by atoms with Gasteiger partial charge in [0.05, 0.1) is 12.5 Å². The van der Waals surface area contributed by atoms with Crippen LogP contribution < -0.4 is 0 Å². The molecule has 2 heteroatoms. The molecular formula is C10H12O2. The first-order valence-electron chi connectivity index (χ1n) is 3.90. The number of carbonyl (C=O) groups is 1. The number of carbonyl (C=O) groups excluding carboxylic acids is 1. The molecule has 0 spiro atoms. The number of benzene rings is 1. The van der Waals surface area contributed by atoms with Crippen molar-refractivity contribution in [3.8, 4) is 0 Å². The molecule has 0 aliphatic heterocycles. The van der Waals surface area contributed by atoms with Gasteiger partial charge in [0, 0.05) is 0 Å². The van der Waals surface area contributed by atoms with E-state index in [2.05, 4.69) is 0 Å². The number of hydrogen-bond acceptors (Lipinski definition) is 2. The Labute approximate surface area is 71.8 Å². The molecule has 64 valence electrons. The van der Waals surface area contributed by atoms with Crippen LogP contribution in [0, 0.1) is 6.92 Å². The van der Waals surface area contributed by atoms with Crippen LogP contribution in [-0.4, -0.2) is 18.0 Å². The van der Waals surface area contributed by atoms with Gasteiger partial charge in [-0.1, -0.05) is 29.8 Å². The molecule has 1 N–H and O–H groups in total. The average molecular weight is 164 g/mol. The monoisotopic (exact) mass is 164 g/mol.